The van der Waals surface area contributed by atoms with Gasteiger partial charge in [-0.3, -0.25) is 10.1 Å². The molecule has 0 spiro atoms. The highest BCUT2D eigenvalue weighted by atomic mass is 16.5. The number of hydrogen-bond acceptors (Lipinski definition) is 4. The van der Waals surface area contributed by atoms with Gasteiger partial charge in [-0.15, -0.1) is 0 Å². The lowest BCUT2D eigenvalue weighted by Crippen LogP contribution is -2.36. The molecule has 0 amide bonds. The van der Waals surface area contributed by atoms with Crippen LogP contribution in [0.1, 0.15) is 19.8 Å². The lowest BCUT2D eigenvalue weighted by atomic mass is 10.2. The zero-order chi connectivity index (χ0) is 8.97. The van der Waals surface area contributed by atoms with Crippen LogP contribution in [0.4, 0.5) is 0 Å². The van der Waals surface area contributed by atoms with E-state index in [1.54, 1.807) is 6.92 Å². The van der Waals surface area contributed by atoms with E-state index in [1.807, 2.05) is 0 Å². The third-order valence-electron chi connectivity index (χ3n) is 1.87. The second kappa shape index (κ2) is 4.07. The van der Waals surface area contributed by atoms with Gasteiger partial charge >= 0.3 is 5.97 Å². The van der Waals surface area contributed by atoms with Crippen LogP contribution in [0.2, 0.25) is 0 Å². The van der Waals surface area contributed by atoms with Gasteiger partial charge in [-0.2, -0.15) is 5.26 Å². The molecule has 1 fully saturated rings. The molecule has 1 N–H and O–H groups in total. The molecule has 4 heteroatoms. The summed E-state index contributed by atoms with van der Waals surface area (Å²) >= 11 is 0. The molecule has 2 atom stereocenters. The van der Waals surface area contributed by atoms with Crippen molar-refractivity contribution in [2.45, 2.75) is 31.8 Å². The van der Waals surface area contributed by atoms with Gasteiger partial charge in [0.05, 0.1) is 18.7 Å². The van der Waals surface area contributed by atoms with Crippen LogP contribution in [0.3, 0.4) is 0 Å². The highest BCUT2D eigenvalue weighted by Gasteiger charge is 2.29. The maximum Gasteiger partial charge on any atom is 0.323 e. The van der Waals surface area contributed by atoms with Crippen LogP contribution in [0.15, 0.2) is 0 Å². The van der Waals surface area contributed by atoms with E-state index in [1.165, 1.54) is 0 Å². The minimum Gasteiger partial charge on any atom is -0.465 e. The first-order valence-corrected chi connectivity index (χ1v) is 4.10. The Morgan fingerprint density at radius 2 is 2.50 bits per heavy atom. The molecule has 66 valence electrons. The van der Waals surface area contributed by atoms with Crippen LogP contribution in [-0.4, -0.2) is 24.7 Å². The van der Waals surface area contributed by atoms with Gasteiger partial charge in [-0.05, 0) is 19.8 Å². The van der Waals surface area contributed by atoms with Gasteiger partial charge in [0.15, 0.2) is 0 Å². The second-order valence-corrected chi connectivity index (χ2v) is 2.73. The molecule has 12 heavy (non-hydrogen) atoms. The summed E-state index contributed by atoms with van der Waals surface area (Å²) in [5, 5.41) is 11.4. The lowest BCUT2D eigenvalue weighted by Gasteiger charge is -2.08. The molecule has 1 aliphatic heterocycles. The number of rotatable bonds is 2. The van der Waals surface area contributed by atoms with Crippen molar-refractivity contribution < 1.29 is 9.53 Å². The molecule has 0 aromatic rings. The Labute approximate surface area is 71.5 Å². The molecule has 0 bridgehead atoms. The molecule has 0 aliphatic carbocycles. The fraction of sp³-hybridized carbons (Fsp3) is 0.750. The average molecular weight is 168 g/mol. The number of ether oxygens (including phenoxy) is 1. The minimum absolute atomic E-state index is 0.181. The van der Waals surface area contributed by atoms with E-state index in [9.17, 15) is 4.79 Å². The largest absolute Gasteiger partial charge is 0.465 e. The average Bonchev–Trinajstić information content (AvgIpc) is 2.52. The maximum absolute atomic E-state index is 11.1. The van der Waals surface area contributed by atoms with E-state index in [4.69, 9.17) is 10.00 Å². The van der Waals surface area contributed by atoms with E-state index in [0.29, 0.717) is 13.0 Å². The fourth-order valence-corrected chi connectivity index (χ4v) is 1.27. The van der Waals surface area contributed by atoms with Gasteiger partial charge in [0.1, 0.15) is 6.04 Å². The molecular weight excluding hydrogens is 156 g/mol. The van der Waals surface area contributed by atoms with Crippen LogP contribution in [0.25, 0.3) is 0 Å². The summed E-state index contributed by atoms with van der Waals surface area (Å²) < 4.78 is 4.81. The molecule has 0 aromatic heterocycles. The predicted octanol–water partition coefficient (Wildman–Crippen LogP) is 0.194. The highest BCUT2D eigenvalue weighted by Crippen LogP contribution is 2.12. The molecule has 0 aromatic carbocycles. The van der Waals surface area contributed by atoms with Crippen molar-refractivity contribution in [3.63, 3.8) is 0 Å². The molecular formula is C8H12N2O2. The van der Waals surface area contributed by atoms with Crippen LogP contribution in [0, 0.1) is 11.3 Å². The number of nitrogens with one attached hydrogen (secondary N) is 1. The van der Waals surface area contributed by atoms with Gasteiger partial charge in [-0.25, -0.2) is 0 Å². The van der Waals surface area contributed by atoms with Crippen molar-refractivity contribution >= 4 is 5.97 Å². The number of nitrogens with zero attached hydrogens (tertiary/aromatic N) is 1. The van der Waals surface area contributed by atoms with E-state index in [-0.39, 0.29) is 18.1 Å². The highest BCUT2D eigenvalue weighted by molar-refractivity contribution is 5.76. The molecule has 0 radical (unpaired) electrons. The minimum atomic E-state index is -0.269. The van der Waals surface area contributed by atoms with Crippen molar-refractivity contribution in [1.82, 2.24) is 5.32 Å². The molecule has 1 saturated heterocycles. The zero-order valence-corrected chi connectivity index (χ0v) is 7.04. The molecule has 1 heterocycles. The van der Waals surface area contributed by atoms with Gasteiger partial charge in [0.25, 0.3) is 0 Å². The Kier molecular flexibility index (Phi) is 3.06. The van der Waals surface area contributed by atoms with Crippen LogP contribution in [-0.2, 0) is 9.53 Å². The number of esters is 1. The van der Waals surface area contributed by atoms with Gasteiger partial charge in [0.2, 0.25) is 0 Å². The first-order valence-electron chi connectivity index (χ1n) is 4.10. The van der Waals surface area contributed by atoms with Crippen molar-refractivity contribution in [1.29, 1.82) is 5.26 Å². The summed E-state index contributed by atoms with van der Waals surface area (Å²) in [5.41, 5.74) is 0. The SMILES string of the molecule is CCOC(=O)[C@@H]1CC[C@H](C#N)N1. The molecule has 0 unspecified atom stereocenters. The summed E-state index contributed by atoms with van der Waals surface area (Å²) in [5.74, 6) is -0.241. The maximum atomic E-state index is 11.1. The number of hydrogen-bond donors (Lipinski definition) is 1. The van der Waals surface area contributed by atoms with Crippen LogP contribution < -0.4 is 5.32 Å². The van der Waals surface area contributed by atoms with Gasteiger partial charge < -0.3 is 4.74 Å². The molecule has 0 saturated carbocycles. The van der Waals surface area contributed by atoms with Crippen molar-refractivity contribution in [2.24, 2.45) is 0 Å². The van der Waals surface area contributed by atoms with Crippen LogP contribution in [0.5, 0.6) is 0 Å². The Hall–Kier alpha value is -1.08. The quantitative estimate of drug-likeness (QED) is 0.598. The Morgan fingerprint density at radius 3 is 3.00 bits per heavy atom. The number of carbonyl (C=O) groups is 1. The first kappa shape index (κ1) is 9.01. The lowest BCUT2D eigenvalue weighted by molar-refractivity contribution is -0.145. The van der Waals surface area contributed by atoms with Crippen molar-refractivity contribution in [3.05, 3.63) is 0 Å². The Morgan fingerprint density at radius 1 is 1.75 bits per heavy atom. The van der Waals surface area contributed by atoms with E-state index >= 15 is 0 Å². The van der Waals surface area contributed by atoms with Gasteiger partial charge in [0, 0.05) is 0 Å². The summed E-state index contributed by atoms with van der Waals surface area (Å²) in [6, 6.07) is 1.62. The standard InChI is InChI=1S/C8H12N2O2/c1-2-12-8(11)7-4-3-6(5-9)10-7/h6-7,10H,2-4H2,1H3/t6-,7+/m1/s1. The molecule has 4 nitrogen and oxygen atoms in total. The van der Waals surface area contributed by atoms with Crippen LogP contribution >= 0.6 is 0 Å². The third-order valence-corrected chi connectivity index (χ3v) is 1.87. The summed E-state index contributed by atoms with van der Waals surface area (Å²) in [4.78, 5) is 11.1. The number of carbonyl (C=O) groups excluding carboxylic acids is 1. The van der Waals surface area contributed by atoms with E-state index in [0.717, 1.165) is 6.42 Å². The zero-order valence-electron chi connectivity index (χ0n) is 7.04. The summed E-state index contributed by atoms with van der Waals surface area (Å²) in [6.45, 7) is 2.17. The number of nitriles is 1. The van der Waals surface area contributed by atoms with E-state index < -0.39 is 0 Å². The normalized spacial score (nSPS) is 28.0. The summed E-state index contributed by atoms with van der Waals surface area (Å²) in [6.07, 6.45) is 1.44. The first-order chi connectivity index (χ1) is 5.77. The third kappa shape index (κ3) is 1.95. The predicted molar refractivity (Wildman–Crippen MR) is 42.2 cm³/mol. The van der Waals surface area contributed by atoms with Crippen molar-refractivity contribution in [2.75, 3.05) is 6.61 Å². The van der Waals surface area contributed by atoms with Crippen molar-refractivity contribution in [3.8, 4) is 6.07 Å². The smallest absolute Gasteiger partial charge is 0.323 e. The van der Waals surface area contributed by atoms with E-state index in [2.05, 4.69) is 11.4 Å². The topological polar surface area (TPSA) is 62.1 Å². The fourth-order valence-electron chi connectivity index (χ4n) is 1.27. The summed E-state index contributed by atoms with van der Waals surface area (Å²) in [7, 11) is 0. The molecule has 1 aliphatic rings. The second-order valence-electron chi connectivity index (χ2n) is 2.73. The Bertz CT molecular complexity index is 210. The monoisotopic (exact) mass is 168 g/mol. The Balaban J connectivity index is 2.37. The molecule has 1 rings (SSSR count). The van der Waals surface area contributed by atoms with Gasteiger partial charge in [-0.1, -0.05) is 0 Å².